The van der Waals surface area contributed by atoms with Crippen molar-refractivity contribution in [1.82, 2.24) is 4.31 Å². The van der Waals surface area contributed by atoms with Crippen LogP contribution >= 0.6 is 15.9 Å². The summed E-state index contributed by atoms with van der Waals surface area (Å²) in [5.74, 6) is -0.508. The standard InChI is InChI=1S/C19H22BrNO4S/c1-2-25-19(22)11-12-21(14-17-9-6-10-18(20)13-17)26(23,24)15-16-7-4-3-5-8-16/h3-10,13H,2,11-12,14-15H2,1H3. The fourth-order valence-corrected chi connectivity index (χ4v) is 4.44. The zero-order chi connectivity index (χ0) is 19.0. The van der Waals surface area contributed by atoms with E-state index in [4.69, 9.17) is 4.74 Å². The molecule has 0 spiro atoms. The van der Waals surface area contributed by atoms with Gasteiger partial charge in [0.15, 0.2) is 0 Å². The van der Waals surface area contributed by atoms with Crippen LogP contribution in [0.15, 0.2) is 59.1 Å². The van der Waals surface area contributed by atoms with Crippen LogP contribution in [0.4, 0.5) is 0 Å². The Bertz CT molecular complexity index is 824. The van der Waals surface area contributed by atoms with E-state index in [2.05, 4.69) is 15.9 Å². The number of ether oxygens (including phenoxy) is 1. The van der Waals surface area contributed by atoms with Gasteiger partial charge in [0, 0.05) is 17.6 Å². The van der Waals surface area contributed by atoms with Gasteiger partial charge >= 0.3 is 5.97 Å². The maximum absolute atomic E-state index is 12.9. The van der Waals surface area contributed by atoms with Gasteiger partial charge in [-0.3, -0.25) is 4.79 Å². The Labute approximate surface area is 163 Å². The largest absolute Gasteiger partial charge is 0.466 e. The van der Waals surface area contributed by atoms with Gasteiger partial charge in [-0.05, 0) is 30.2 Å². The molecule has 2 aromatic rings. The van der Waals surface area contributed by atoms with E-state index in [0.717, 1.165) is 10.0 Å². The molecule has 0 N–H and O–H groups in total. The van der Waals surface area contributed by atoms with E-state index >= 15 is 0 Å². The Morgan fingerprint density at radius 3 is 2.42 bits per heavy atom. The van der Waals surface area contributed by atoms with E-state index in [1.54, 1.807) is 19.1 Å². The van der Waals surface area contributed by atoms with Gasteiger partial charge in [0.25, 0.3) is 0 Å². The van der Waals surface area contributed by atoms with Crippen molar-refractivity contribution < 1.29 is 17.9 Å². The highest BCUT2D eigenvalue weighted by atomic mass is 79.9. The lowest BCUT2D eigenvalue weighted by Gasteiger charge is -2.22. The molecule has 0 radical (unpaired) electrons. The smallest absolute Gasteiger partial charge is 0.307 e. The number of sulfonamides is 1. The summed E-state index contributed by atoms with van der Waals surface area (Å²) < 4.78 is 33.0. The molecule has 0 fully saturated rings. The minimum Gasteiger partial charge on any atom is -0.466 e. The number of rotatable bonds is 9. The summed E-state index contributed by atoms with van der Waals surface area (Å²) in [6.45, 7) is 2.29. The highest BCUT2D eigenvalue weighted by molar-refractivity contribution is 9.10. The van der Waals surface area contributed by atoms with E-state index in [-0.39, 0.29) is 31.9 Å². The quantitative estimate of drug-likeness (QED) is 0.558. The third kappa shape index (κ3) is 6.55. The van der Waals surface area contributed by atoms with Crippen LogP contribution < -0.4 is 0 Å². The summed E-state index contributed by atoms with van der Waals surface area (Å²) in [7, 11) is -3.59. The molecule has 0 aliphatic heterocycles. The first-order valence-corrected chi connectivity index (χ1v) is 10.7. The van der Waals surface area contributed by atoms with E-state index < -0.39 is 16.0 Å². The van der Waals surface area contributed by atoms with Crippen molar-refractivity contribution >= 4 is 31.9 Å². The number of carbonyl (C=O) groups excluding carboxylic acids is 1. The molecule has 140 valence electrons. The third-order valence-electron chi connectivity index (χ3n) is 3.70. The minimum atomic E-state index is -3.59. The lowest BCUT2D eigenvalue weighted by molar-refractivity contribution is -0.143. The molecule has 0 saturated carbocycles. The van der Waals surface area contributed by atoms with Crippen molar-refractivity contribution in [3.05, 3.63) is 70.2 Å². The van der Waals surface area contributed by atoms with Gasteiger partial charge in [0.2, 0.25) is 10.0 Å². The predicted octanol–water partition coefficient (Wildman–Crippen LogP) is 3.73. The second-order valence-electron chi connectivity index (χ2n) is 5.76. The van der Waals surface area contributed by atoms with Crippen molar-refractivity contribution in [1.29, 1.82) is 0 Å². The molecule has 0 amide bonds. The molecule has 0 aliphatic rings. The number of hydrogen-bond donors (Lipinski definition) is 0. The molecule has 0 heterocycles. The molecule has 0 aliphatic carbocycles. The number of nitrogens with zero attached hydrogens (tertiary/aromatic N) is 1. The Hall–Kier alpha value is -1.70. The number of esters is 1. The van der Waals surface area contributed by atoms with E-state index in [1.165, 1.54) is 4.31 Å². The van der Waals surface area contributed by atoms with Gasteiger partial charge < -0.3 is 4.74 Å². The van der Waals surface area contributed by atoms with Crippen LogP contribution in [-0.4, -0.2) is 31.8 Å². The van der Waals surface area contributed by atoms with Crippen molar-refractivity contribution in [3.63, 3.8) is 0 Å². The van der Waals surface area contributed by atoms with Crippen LogP contribution in [0.2, 0.25) is 0 Å². The number of carbonyl (C=O) groups is 1. The monoisotopic (exact) mass is 439 g/mol. The summed E-state index contributed by atoms with van der Waals surface area (Å²) in [6.07, 6.45) is 0.0237. The van der Waals surface area contributed by atoms with Crippen molar-refractivity contribution in [2.45, 2.75) is 25.6 Å². The summed E-state index contributed by atoms with van der Waals surface area (Å²) >= 11 is 3.40. The highest BCUT2D eigenvalue weighted by Gasteiger charge is 2.24. The predicted molar refractivity (Wildman–Crippen MR) is 105 cm³/mol. The summed E-state index contributed by atoms with van der Waals surface area (Å²) in [5, 5.41) is 0. The maximum Gasteiger partial charge on any atom is 0.307 e. The SMILES string of the molecule is CCOC(=O)CCN(Cc1cccc(Br)c1)S(=O)(=O)Cc1ccccc1. The molecule has 26 heavy (non-hydrogen) atoms. The Morgan fingerprint density at radius 2 is 1.77 bits per heavy atom. The third-order valence-corrected chi connectivity index (χ3v) is 5.99. The molecule has 0 bridgehead atoms. The fraction of sp³-hybridized carbons (Fsp3) is 0.316. The maximum atomic E-state index is 12.9. The molecule has 0 unspecified atom stereocenters. The Kier molecular flexibility index (Phi) is 7.81. The average Bonchev–Trinajstić information content (AvgIpc) is 2.59. The molecule has 0 aromatic heterocycles. The minimum absolute atomic E-state index is 0.0237. The summed E-state index contributed by atoms with van der Waals surface area (Å²) in [6, 6.07) is 16.5. The van der Waals surface area contributed by atoms with E-state index in [9.17, 15) is 13.2 Å². The first-order chi connectivity index (χ1) is 12.4. The van der Waals surface area contributed by atoms with Crippen molar-refractivity contribution in [3.8, 4) is 0 Å². The fourth-order valence-electron chi connectivity index (χ4n) is 2.48. The first kappa shape index (κ1) is 20.6. The molecule has 0 atom stereocenters. The molecule has 7 heteroatoms. The average molecular weight is 440 g/mol. The van der Waals surface area contributed by atoms with E-state index in [1.807, 2.05) is 42.5 Å². The summed E-state index contributed by atoms with van der Waals surface area (Å²) in [4.78, 5) is 11.7. The van der Waals surface area contributed by atoms with Gasteiger partial charge in [-0.15, -0.1) is 0 Å². The second-order valence-corrected chi connectivity index (χ2v) is 8.64. The van der Waals surface area contributed by atoms with Gasteiger partial charge in [-0.25, -0.2) is 8.42 Å². The molecular weight excluding hydrogens is 418 g/mol. The van der Waals surface area contributed by atoms with Gasteiger partial charge in [0.1, 0.15) is 0 Å². The Balaban J connectivity index is 2.19. The van der Waals surface area contributed by atoms with Crippen molar-refractivity contribution in [2.75, 3.05) is 13.2 Å². The van der Waals surface area contributed by atoms with Gasteiger partial charge in [0.05, 0.1) is 18.8 Å². The molecule has 5 nitrogen and oxygen atoms in total. The zero-order valence-electron chi connectivity index (χ0n) is 14.6. The topological polar surface area (TPSA) is 63.7 Å². The van der Waals surface area contributed by atoms with Crippen LogP contribution in [-0.2, 0) is 31.9 Å². The lowest BCUT2D eigenvalue weighted by atomic mass is 10.2. The molecule has 2 rings (SSSR count). The van der Waals surface area contributed by atoms with Crippen LogP contribution in [0, 0.1) is 0 Å². The summed E-state index contributed by atoms with van der Waals surface area (Å²) in [5.41, 5.74) is 1.56. The zero-order valence-corrected chi connectivity index (χ0v) is 17.0. The normalized spacial score (nSPS) is 11.5. The number of halogens is 1. The molecule has 0 saturated heterocycles. The second kappa shape index (κ2) is 9.85. The van der Waals surface area contributed by atoms with Crippen LogP contribution in [0.25, 0.3) is 0 Å². The number of benzene rings is 2. The number of hydrogen-bond acceptors (Lipinski definition) is 4. The van der Waals surface area contributed by atoms with Crippen LogP contribution in [0.3, 0.4) is 0 Å². The highest BCUT2D eigenvalue weighted by Crippen LogP contribution is 2.18. The van der Waals surface area contributed by atoms with Crippen molar-refractivity contribution in [2.24, 2.45) is 0 Å². The molecule has 2 aromatic carbocycles. The Morgan fingerprint density at radius 1 is 1.08 bits per heavy atom. The van der Waals surface area contributed by atoms with Gasteiger partial charge in [-0.1, -0.05) is 58.4 Å². The van der Waals surface area contributed by atoms with Crippen LogP contribution in [0.5, 0.6) is 0 Å². The van der Waals surface area contributed by atoms with Gasteiger partial charge in [-0.2, -0.15) is 4.31 Å². The van der Waals surface area contributed by atoms with E-state index in [0.29, 0.717) is 5.56 Å². The first-order valence-electron chi connectivity index (χ1n) is 8.32. The lowest BCUT2D eigenvalue weighted by Crippen LogP contribution is -2.34. The van der Waals surface area contributed by atoms with Crippen LogP contribution in [0.1, 0.15) is 24.5 Å². The molecular formula is C19H22BrNO4S.